The Morgan fingerprint density at radius 2 is 2.24 bits per heavy atom. The van der Waals surface area contributed by atoms with E-state index < -0.39 is 0 Å². The molecule has 0 aliphatic carbocycles. The van der Waals surface area contributed by atoms with Gasteiger partial charge in [-0.25, -0.2) is 9.97 Å². The van der Waals surface area contributed by atoms with Crippen LogP contribution in [0.15, 0.2) is 23.7 Å². The maximum Gasteiger partial charge on any atom is 0.163 e. The Balaban J connectivity index is 1.88. The minimum Gasteiger partial charge on any atom is -0.367 e. The van der Waals surface area contributed by atoms with Crippen molar-refractivity contribution in [3.8, 4) is 0 Å². The smallest absolute Gasteiger partial charge is 0.163 e. The second-order valence-electron chi connectivity index (χ2n) is 5.18. The SMILES string of the molecule is CCc1nc(N[C@@H](C)Cc2cccs2)c2cnn(C)c2n1. The molecule has 3 heterocycles. The monoisotopic (exact) mass is 301 g/mol. The molecule has 110 valence electrons. The average Bonchev–Trinajstić information content (AvgIpc) is 3.09. The van der Waals surface area contributed by atoms with Crippen molar-refractivity contribution in [1.82, 2.24) is 19.7 Å². The molecule has 0 aliphatic heterocycles. The second-order valence-corrected chi connectivity index (χ2v) is 6.21. The Labute approximate surface area is 128 Å². The summed E-state index contributed by atoms with van der Waals surface area (Å²) < 4.78 is 1.80. The number of thiophene rings is 1. The van der Waals surface area contributed by atoms with Crippen molar-refractivity contribution >= 4 is 28.2 Å². The third kappa shape index (κ3) is 2.90. The van der Waals surface area contributed by atoms with Gasteiger partial charge in [0.15, 0.2) is 5.65 Å². The van der Waals surface area contributed by atoms with Crippen LogP contribution >= 0.6 is 11.3 Å². The molecule has 1 N–H and O–H groups in total. The number of rotatable bonds is 5. The van der Waals surface area contributed by atoms with Crippen molar-refractivity contribution in [3.05, 3.63) is 34.4 Å². The molecule has 21 heavy (non-hydrogen) atoms. The molecule has 3 rings (SSSR count). The molecule has 0 saturated heterocycles. The summed E-state index contributed by atoms with van der Waals surface area (Å²) in [6.07, 6.45) is 3.63. The number of hydrogen-bond acceptors (Lipinski definition) is 5. The Kier molecular flexibility index (Phi) is 3.88. The summed E-state index contributed by atoms with van der Waals surface area (Å²) in [5, 5.41) is 10.9. The summed E-state index contributed by atoms with van der Waals surface area (Å²) >= 11 is 1.79. The highest BCUT2D eigenvalue weighted by atomic mass is 32.1. The van der Waals surface area contributed by atoms with Gasteiger partial charge in [0, 0.05) is 30.8 Å². The fourth-order valence-corrected chi connectivity index (χ4v) is 3.19. The zero-order chi connectivity index (χ0) is 14.8. The number of aromatic nitrogens is 4. The molecule has 6 heteroatoms. The van der Waals surface area contributed by atoms with Crippen LogP contribution in [0.2, 0.25) is 0 Å². The van der Waals surface area contributed by atoms with Gasteiger partial charge in [-0.3, -0.25) is 4.68 Å². The molecule has 0 amide bonds. The van der Waals surface area contributed by atoms with Crippen LogP contribution in [0.25, 0.3) is 11.0 Å². The summed E-state index contributed by atoms with van der Waals surface area (Å²) in [7, 11) is 1.91. The van der Waals surface area contributed by atoms with Crippen LogP contribution in [-0.2, 0) is 19.9 Å². The quantitative estimate of drug-likeness (QED) is 0.787. The maximum absolute atomic E-state index is 4.63. The van der Waals surface area contributed by atoms with Gasteiger partial charge in [-0.1, -0.05) is 13.0 Å². The van der Waals surface area contributed by atoms with Gasteiger partial charge in [-0.15, -0.1) is 11.3 Å². The summed E-state index contributed by atoms with van der Waals surface area (Å²) in [4.78, 5) is 10.6. The van der Waals surface area contributed by atoms with E-state index in [0.29, 0.717) is 6.04 Å². The molecule has 3 aromatic heterocycles. The van der Waals surface area contributed by atoms with Crippen LogP contribution in [0.1, 0.15) is 24.5 Å². The topological polar surface area (TPSA) is 55.6 Å². The van der Waals surface area contributed by atoms with Crippen LogP contribution in [0.5, 0.6) is 0 Å². The van der Waals surface area contributed by atoms with E-state index in [1.165, 1.54) is 4.88 Å². The Hall–Kier alpha value is -1.95. The molecule has 1 atom stereocenters. The molecular weight excluding hydrogens is 282 g/mol. The first-order valence-electron chi connectivity index (χ1n) is 7.15. The van der Waals surface area contributed by atoms with E-state index in [4.69, 9.17) is 0 Å². The number of nitrogens with one attached hydrogen (secondary N) is 1. The van der Waals surface area contributed by atoms with Crippen molar-refractivity contribution < 1.29 is 0 Å². The average molecular weight is 301 g/mol. The van der Waals surface area contributed by atoms with Gasteiger partial charge in [0.05, 0.1) is 11.6 Å². The summed E-state index contributed by atoms with van der Waals surface area (Å²) in [6.45, 7) is 4.24. The fourth-order valence-electron chi connectivity index (χ4n) is 2.35. The minimum atomic E-state index is 0.312. The summed E-state index contributed by atoms with van der Waals surface area (Å²) in [5.41, 5.74) is 0.882. The van der Waals surface area contributed by atoms with E-state index in [0.717, 1.165) is 35.5 Å². The lowest BCUT2D eigenvalue weighted by Gasteiger charge is -2.15. The van der Waals surface area contributed by atoms with E-state index in [1.54, 1.807) is 16.0 Å². The largest absolute Gasteiger partial charge is 0.367 e. The van der Waals surface area contributed by atoms with Crippen molar-refractivity contribution in [2.45, 2.75) is 32.7 Å². The van der Waals surface area contributed by atoms with Crippen molar-refractivity contribution in [3.63, 3.8) is 0 Å². The van der Waals surface area contributed by atoms with Crippen LogP contribution in [0.3, 0.4) is 0 Å². The number of anilines is 1. The Bertz CT molecular complexity index is 732. The molecule has 0 saturated carbocycles. The molecule has 0 radical (unpaired) electrons. The molecule has 0 fully saturated rings. The van der Waals surface area contributed by atoms with Gasteiger partial charge in [-0.05, 0) is 18.4 Å². The third-order valence-electron chi connectivity index (χ3n) is 3.43. The van der Waals surface area contributed by atoms with E-state index in [9.17, 15) is 0 Å². The van der Waals surface area contributed by atoms with Crippen molar-refractivity contribution in [2.24, 2.45) is 7.05 Å². The molecular formula is C15H19N5S. The second kappa shape index (κ2) is 5.81. The van der Waals surface area contributed by atoms with Gasteiger partial charge in [0.25, 0.3) is 0 Å². The highest BCUT2D eigenvalue weighted by Gasteiger charge is 2.13. The third-order valence-corrected chi connectivity index (χ3v) is 4.32. The highest BCUT2D eigenvalue weighted by molar-refractivity contribution is 7.09. The van der Waals surface area contributed by atoms with Gasteiger partial charge in [0.1, 0.15) is 11.6 Å². The van der Waals surface area contributed by atoms with Crippen molar-refractivity contribution in [2.75, 3.05) is 5.32 Å². The molecule has 0 spiro atoms. The summed E-state index contributed by atoms with van der Waals surface area (Å²) in [5.74, 6) is 1.73. The lowest BCUT2D eigenvalue weighted by atomic mass is 10.2. The van der Waals surface area contributed by atoms with Gasteiger partial charge >= 0.3 is 0 Å². The van der Waals surface area contributed by atoms with Crippen LogP contribution < -0.4 is 5.32 Å². The highest BCUT2D eigenvalue weighted by Crippen LogP contribution is 2.21. The predicted molar refractivity (Wildman–Crippen MR) is 86.8 cm³/mol. The molecule has 0 bridgehead atoms. The summed E-state index contributed by atoms with van der Waals surface area (Å²) in [6, 6.07) is 4.57. The standard InChI is InChI=1S/C15H19N5S/c1-4-13-18-14(12-9-16-20(3)15(12)19-13)17-10(2)8-11-6-5-7-21-11/h5-7,9-10H,4,8H2,1-3H3,(H,17,18,19)/t10-/m0/s1. The van der Waals surface area contributed by atoms with Crippen molar-refractivity contribution in [1.29, 1.82) is 0 Å². The number of hydrogen-bond donors (Lipinski definition) is 1. The predicted octanol–water partition coefficient (Wildman–Crippen LogP) is 3.03. The fraction of sp³-hybridized carbons (Fsp3) is 0.400. The number of nitrogens with zero attached hydrogens (tertiary/aromatic N) is 4. The molecule has 0 unspecified atom stereocenters. The van der Waals surface area contributed by atoms with E-state index in [2.05, 4.69) is 51.7 Å². The molecule has 5 nitrogen and oxygen atoms in total. The lowest BCUT2D eigenvalue weighted by molar-refractivity contribution is 0.775. The molecule has 0 aliphatic rings. The maximum atomic E-state index is 4.63. The minimum absolute atomic E-state index is 0.312. The Morgan fingerprint density at radius 1 is 1.38 bits per heavy atom. The van der Waals surface area contributed by atoms with E-state index in [1.807, 2.05) is 13.2 Å². The zero-order valence-electron chi connectivity index (χ0n) is 12.5. The number of aryl methyl sites for hydroxylation is 2. The first kappa shape index (κ1) is 14.0. The molecule has 3 aromatic rings. The first-order valence-corrected chi connectivity index (χ1v) is 8.03. The van der Waals surface area contributed by atoms with Gasteiger partial charge in [-0.2, -0.15) is 5.10 Å². The zero-order valence-corrected chi connectivity index (χ0v) is 13.3. The van der Waals surface area contributed by atoms with Crippen LogP contribution in [0.4, 0.5) is 5.82 Å². The van der Waals surface area contributed by atoms with Crippen LogP contribution in [-0.4, -0.2) is 25.8 Å². The molecule has 0 aromatic carbocycles. The van der Waals surface area contributed by atoms with Crippen LogP contribution in [0, 0.1) is 0 Å². The normalized spacial score (nSPS) is 12.7. The van der Waals surface area contributed by atoms with E-state index in [-0.39, 0.29) is 0 Å². The lowest BCUT2D eigenvalue weighted by Crippen LogP contribution is -2.19. The first-order chi connectivity index (χ1) is 10.2. The van der Waals surface area contributed by atoms with Gasteiger partial charge in [0.2, 0.25) is 0 Å². The van der Waals surface area contributed by atoms with E-state index >= 15 is 0 Å². The number of fused-ring (bicyclic) bond motifs is 1. The van der Waals surface area contributed by atoms with Gasteiger partial charge < -0.3 is 5.32 Å². The Morgan fingerprint density at radius 3 is 2.95 bits per heavy atom.